The molecule has 0 saturated carbocycles. The Morgan fingerprint density at radius 3 is 2.58 bits per heavy atom. The van der Waals surface area contributed by atoms with Crippen LogP contribution in [-0.4, -0.2) is 61.1 Å². The number of nitrogens with one attached hydrogen (secondary N) is 1. The molecule has 1 N–H and O–H groups in total. The smallest absolute Gasteiger partial charge is 0.243 e. The molecule has 0 bridgehead atoms. The van der Waals surface area contributed by atoms with Gasteiger partial charge in [0.25, 0.3) is 0 Å². The molecule has 0 amide bonds. The van der Waals surface area contributed by atoms with Crippen LogP contribution in [0.2, 0.25) is 0 Å². The van der Waals surface area contributed by atoms with E-state index in [4.69, 9.17) is 0 Å². The van der Waals surface area contributed by atoms with Gasteiger partial charge in [-0.25, -0.2) is 12.8 Å². The second-order valence-corrected chi connectivity index (χ2v) is 9.74. The van der Waals surface area contributed by atoms with Crippen LogP contribution in [0, 0.1) is 5.82 Å². The normalized spacial score (nSPS) is 16.5. The van der Waals surface area contributed by atoms with E-state index in [9.17, 15) is 17.6 Å². The molecule has 8 heteroatoms. The number of carbonyl (C=O) groups is 1. The van der Waals surface area contributed by atoms with Crippen molar-refractivity contribution in [2.75, 3.05) is 32.7 Å². The number of hydrogen-bond donors (Lipinski definition) is 1. The van der Waals surface area contributed by atoms with Crippen molar-refractivity contribution in [3.05, 3.63) is 65.6 Å². The summed E-state index contributed by atoms with van der Waals surface area (Å²) in [7, 11) is -3.68. The summed E-state index contributed by atoms with van der Waals surface area (Å²) in [6.45, 7) is 4.10. The van der Waals surface area contributed by atoms with Crippen molar-refractivity contribution in [3.63, 3.8) is 0 Å². The Balaban J connectivity index is 1.45. The van der Waals surface area contributed by atoms with E-state index in [-0.39, 0.29) is 17.2 Å². The first-order valence-electron chi connectivity index (χ1n) is 10.5. The third-order valence-corrected chi connectivity index (χ3v) is 7.76. The minimum Gasteiger partial charge on any atom is -0.360 e. The molecule has 0 atom stereocenters. The number of carbonyl (C=O) groups excluding carboxylic acids is 1. The van der Waals surface area contributed by atoms with Gasteiger partial charge >= 0.3 is 0 Å². The maximum Gasteiger partial charge on any atom is 0.243 e. The second kappa shape index (κ2) is 8.90. The number of H-pyrrole nitrogens is 1. The van der Waals surface area contributed by atoms with Crippen LogP contribution in [-0.2, 0) is 16.4 Å². The lowest BCUT2D eigenvalue weighted by Crippen LogP contribution is -2.36. The van der Waals surface area contributed by atoms with E-state index < -0.39 is 15.8 Å². The molecule has 6 nitrogen and oxygen atoms in total. The Labute approximate surface area is 181 Å². The number of sulfonamides is 1. The third-order valence-electron chi connectivity index (χ3n) is 5.85. The molecule has 0 spiro atoms. The van der Waals surface area contributed by atoms with Crippen LogP contribution in [0.4, 0.5) is 4.39 Å². The number of halogens is 1. The zero-order valence-electron chi connectivity index (χ0n) is 17.5. The van der Waals surface area contributed by atoms with Gasteiger partial charge < -0.3 is 4.98 Å². The Morgan fingerprint density at radius 2 is 1.84 bits per heavy atom. The van der Waals surface area contributed by atoms with Crippen molar-refractivity contribution in [2.45, 2.75) is 24.7 Å². The molecule has 1 fully saturated rings. The van der Waals surface area contributed by atoms with Crippen LogP contribution >= 0.6 is 0 Å². The van der Waals surface area contributed by atoms with Gasteiger partial charge in [-0.1, -0.05) is 25.1 Å². The van der Waals surface area contributed by atoms with E-state index in [2.05, 4.69) is 18.0 Å². The van der Waals surface area contributed by atoms with Crippen molar-refractivity contribution >= 4 is 26.7 Å². The van der Waals surface area contributed by atoms with Gasteiger partial charge in [0.05, 0.1) is 11.4 Å². The summed E-state index contributed by atoms with van der Waals surface area (Å²) in [4.78, 5) is 18.3. The van der Waals surface area contributed by atoms with Gasteiger partial charge in [0.1, 0.15) is 5.82 Å². The molecule has 2 heterocycles. The predicted octanol–water partition coefficient (Wildman–Crippen LogP) is 3.45. The lowest BCUT2D eigenvalue weighted by atomic mass is 10.0. The SMILES string of the molecule is CCc1cccc2c(C(=O)CN3CCCN(S(=O)(=O)c4ccc(F)cc4)CC3)c[nH]c12. The molecular formula is C23H26FN3O3S. The van der Waals surface area contributed by atoms with Gasteiger partial charge in [-0.2, -0.15) is 4.31 Å². The van der Waals surface area contributed by atoms with E-state index >= 15 is 0 Å². The average Bonchev–Trinajstić information content (AvgIpc) is 3.06. The molecule has 0 unspecified atom stereocenters. The van der Waals surface area contributed by atoms with Crippen molar-refractivity contribution in [3.8, 4) is 0 Å². The van der Waals surface area contributed by atoms with Gasteiger partial charge in [0, 0.05) is 42.3 Å². The molecular weight excluding hydrogens is 417 g/mol. The summed E-state index contributed by atoms with van der Waals surface area (Å²) in [5.74, 6) is -0.447. The van der Waals surface area contributed by atoms with Gasteiger partial charge in [0.15, 0.2) is 5.78 Å². The Kier molecular flexibility index (Phi) is 6.22. The maximum atomic E-state index is 13.2. The molecule has 1 aromatic heterocycles. The van der Waals surface area contributed by atoms with Gasteiger partial charge in [-0.15, -0.1) is 0 Å². The molecule has 0 aliphatic carbocycles. The predicted molar refractivity (Wildman–Crippen MR) is 118 cm³/mol. The first kappa shape index (κ1) is 21.7. The number of nitrogens with zero attached hydrogens (tertiary/aromatic N) is 2. The number of aryl methyl sites for hydroxylation is 1. The van der Waals surface area contributed by atoms with Crippen LogP contribution in [0.25, 0.3) is 10.9 Å². The molecule has 4 rings (SSSR count). The number of aromatic nitrogens is 1. The first-order chi connectivity index (χ1) is 14.9. The highest BCUT2D eigenvalue weighted by molar-refractivity contribution is 7.89. The maximum absolute atomic E-state index is 13.2. The molecule has 1 saturated heterocycles. The number of rotatable bonds is 6. The van der Waals surface area contributed by atoms with E-state index in [1.165, 1.54) is 22.0 Å². The minimum absolute atomic E-state index is 0.0225. The Bertz CT molecular complexity index is 1190. The molecule has 1 aliphatic rings. The quantitative estimate of drug-likeness (QED) is 0.593. The standard InChI is InChI=1S/C23H26FN3O3S/c1-2-17-5-3-6-20-21(15-25-23(17)20)22(28)16-26-11-4-12-27(14-13-26)31(29,30)19-9-7-18(24)8-10-19/h3,5-10,15,25H,2,4,11-14,16H2,1H3. The van der Waals surface area contributed by atoms with Crippen molar-refractivity contribution < 1.29 is 17.6 Å². The number of para-hydroxylation sites is 1. The highest BCUT2D eigenvalue weighted by Crippen LogP contribution is 2.23. The van der Waals surface area contributed by atoms with Crippen molar-refractivity contribution in [2.24, 2.45) is 0 Å². The Morgan fingerprint density at radius 1 is 1.06 bits per heavy atom. The molecule has 1 aliphatic heterocycles. The monoisotopic (exact) mass is 443 g/mol. The Hall–Kier alpha value is -2.55. The molecule has 31 heavy (non-hydrogen) atoms. The van der Waals surface area contributed by atoms with Crippen molar-refractivity contribution in [1.29, 1.82) is 0 Å². The van der Waals surface area contributed by atoms with E-state index in [1.807, 2.05) is 17.0 Å². The zero-order valence-corrected chi connectivity index (χ0v) is 18.3. The fraction of sp³-hybridized carbons (Fsp3) is 0.348. The summed E-state index contributed by atoms with van der Waals surface area (Å²) in [5.41, 5.74) is 2.85. The summed E-state index contributed by atoms with van der Waals surface area (Å²) in [5, 5.41) is 0.930. The van der Waals surface area contributed by atoms with Crippen LogP contribution in [0.3, 0.4) is 0 Å². The van der Waals surface area contributed by atoms with Gasteiger partial charge in [-0.3, -0.25) is 9.69 Å². The molecule has 164 valence electrons. The minimum atomic E-state index is -3.68. The molecule has 3 aromatic rings. The van der Waals surface area contributed by atoms with E-state index in [1.54, 1.807) is 6.20 Å². The number of Topliss-reactive ketones (excluding diaryl/α,β-unsaturated/α-hetero) is 1. The first-order valence-corrected chi connectivity index (χ1v) is 11.9. The zero-order chi connectivity index (χ0) is 22.0. The van der Waals surface area contributed by atoms with Crippen LogP contribution in [0.1, 0.15) is 29.3 Å². The summed E-state index contributed by atoms with van der Waals surface area (Å²) in [6, 6.07) is 10.9. The fourth-order valence-corrected chi connectivity index (χ4v) is 5.60. The van der Waals surface area contributed by atoms with E-state index in [0.29, 0.717) is 38.2 Å². The van der Waals surface area contributed by atoms with E-state index in [0.717, 1.165) is 29.5 Å². The highest BCUT2D eigenvalue weighted by atomic mass is 32.2. The number of aromatic amines is 1. The number of hydrogen-bond acceptors (Lipinski definition) is 4. The summed E-state index contributed by atoms with van der Waals surface area (Å²) in [6.07, 6.45) is 3.28. The second-order valence-electron chi connectivity index (χ2n) is 7.81. The third kappa shape index (κ3) is 4.42. The van der Waals surface area contributed by atoms with Crippen LogP contribution < -0.4 is 0 Å². The average molecular weight is 444 g/mol. The highest BCUT2D eigenvalue weighted by Gasteiger charge is 2.28. The lowest BCUT2D eigenvalue weighted by molar-refractivity contribution is 0.0936. The summed E-state index contributed by atoms with van der Waals surface area (Å²) < 4.78 is 40.4. The van der Waals surface area contributed by atoms with Gasteiger partial charge in [0.2, 0.25) is 10.0 Å². The lowest BCUT2D eigenvalue weighted by Gasteiger charge is -2.21. The van der Waals surface area contributed by atoms with Crippen molar-refractivity contribution in [1.82, 2.24) is 14.2 Å². The van der Waals surface area contributed by atoms with Crippen LogP contribution in [0.5, 0.6) is 0 Å². The molecule has 0 radical (unpaired) electrons. The largest absolute Gasteiger partial charge is 0.360 e. The fourth-order valence-electron chi connectivity index (χ4n) is 4.13. The summed E-state index contributed by atoms with van der Waals surface area (Å²) >= 11 is 0. The van der Waals surface area contributed by atoms with Gasteiger partial charge in [-0.05, 0) is 49.2 Å². The number of fused-ring (bicyclic) bond motifs is 1. The number of ketones is 1. The topological polar surface area (TPSA) is 73.5 Å². The molecule has 2 aromatic carbocycles. The number of benzene rings is 2. The van der Waals surface area contributed by atoms with Crippen LogP contribution in [0.15, 0.2) is 53.6 Å².